The number of aromatic amines is 1. The van der Waals surface area contributed by atoms with E-state index in [1.165, 1.54) is 7.11 Å². The van der Waals surface area contributed by atoms with E-state index in [1.807, 2.05) is 71.0 Å². The number of ether oxygens (including phenoxy) is 2. The normalized spacial score (nSPS) is 16.3. The average molecular weight is 710 g/mol. The Labute approximate surface area is 303 Å². The first-order valence-electron chi connectivity index (χ1n) is 17.5. The van der Waals surface area contributed by atoms with Crippen LogP contribution >= 0.6 is 0 Å². The highest BCUT2D eigenvalue weighted by atomic mass is 16.6. The summed E-state index contributed by atoms with van der Waals surface area (Å²) >= 11 is 0. The van der Waals surface area contributed by atoms with E-state index < -0.39 is 23.7 Å². The molecule has 13 nitrogen and oxygen atoms in total. The van der Waals surface area contributed by atoms with Crippen LogP contribution in [0.15, 0.2) is 60.7 Å². The number of carbonyl (C=O) groups excluding carboxylic acids is 4. The molecule has 1 aliphatic rings. The van der Waals surface area contributed by atoms with Gasteiger partial charge in [0.25, 0.3) is 0 Å². The van der Waals surface area contributed by atoms with Gasteiger partial charge in [-0.25, -0.2) is 9.59 Å². The lowest BCUT2D eigenvalue weighted by atomic mass is 9.81. The van der Waals surface area contributed by atoms with E-state index in [1.54, 1.807) is 24.3 Å². The molecule has 4 aromatic rings. The average Bonchev–Trinajstić information content (AvgIpc) is 3.66. The Balaban J connectivity index is 1.27. The first-order chi connectivity index (χ1) is 24.8. The summed E-state index contributed by atoms with van der Waals surface area (Å²) in [5.41, 5.74) is 5.75. The topological polar surface area (TPSA) is 177 Å². The molecule has 13 heteroatoms. The Hall–Kier alpha value is -5.59. The van der Waals surface area contributed by atoms with Gasteiger partial charge in [-0.3, -0.25) is 9.59 Å². The van der Waals surface area contributed by atoms with Gasteiger partial charge in [-0.15, -0.1) is 10.2 Å². The van der Waals surface area contributed by atoms with Crippen LogP contribution in [-0.4, -0.2) is 69.8 Å². The Kier molecular flexibility index (Phi) is 12.0. The van der Waals surface area contributed by atoms with Gasteiger partial charge in [0.2, 0.25) is 17.6 Å². The van der Waals surface area contributed by atoms with Crippen molar-refractivity contribution in [1.29, 1.82) is 0 Å². The molecule has 0 radical (unpaired) electrons. The van der Waals surface area contributed by atoms with E-state index >= 15 is 0 Å². The smallest absolute Gasteiger partial charge is 0.407 e. The molecule has 0 unspecified atom stereocenters. The number of amides is 3. The lowest BCUT2D eigenvalue weighted by molar-refractivity contribution is -0.130. The van der Waals surface area contributed by atoms with Gasteiger partial charge in [-0.2, -0.15) is 5.21 Å². The van der Waals surface area contributed by atoms with Gasteiger partial charge in [0.15, 0.2) is 0 Å². The van der Waals surface area contributed by atoms with Crippen LogP contribution in [0.1, 0.15) is 73.5 Å². The molecule has 274 valence electrons. The predicted molar refractivity (Wildman–Crippen MR) is 196 cm³/mol. The van der Waals surface area contributed by atoms with E-state index in [0.29, 0.717) is 36.5 Å². The first-order valence-corrected chi connectivity index (χ1v) is 17.5. The minimum absolute atomic E-state index is 0.173. The summed E-state index contributed by atoms with van der Waals surface area (Å²) in [6, 6.07) is 17.8. The largest absolute Gasteiger partial charge is 0.465 e. The van der Waals surface area contributed by atoms with E-state index in [2.05, 4.69) is 36.6 Å². The van der Waals surface area contributed by atoms with Crippen molar-refractivity contribution in [3.05, 3.63) is 82.9 Å². The van der Waals surface area contributed by atoms with Crippen LogP contribution in [0, 0.1) is 25.7 Å². The number of tetrazole rings is 1. The van der Waals surface area contributed by atoms with Gasteiger partial charge in [0, 0.05) is 30.1 Å². The minimum Gasteiger partial charge on any atom is -0.465 e. The van der Waals surface area contributed by atoms with Crippen molar-refractivity contribution in [2.45, 2.75) is 78.4 Å². The van der Waals surface area contributed by atoms with Crippen molar-refractivity contribution in [3.63, 3.8) is 0 Å². The number of H-pyrrole nitrogens is 1. The second-order valence-electron chi connectivity index (χ2n) is 14.3. The Morgan fingerprint density at radius 1 is 0.904 bits per heavy atom. The highest BCUT2D eigenvalue weighted by Gasteiger charge is 2.30. The van der Waals surface area contributed by atoms with Gasteiger partial charge in [0.05, 0.1) is 12.7 Å². The number of benzene rings is 3. The van der Waals surface area contributed by atoms with Crippen LogP contribution < -0.4 is 16.0 Å². The maximum absolute atomic E-state index is 13.8. The lowest BCUT2D eigenvalue weighted by Gasteiger charge is -2.29. The number of aromatic nitrogens is 4. The first kappa shape index (κ1) is 37.7. The molecule has 1 heterocycles. The third-order valence-electron chi connectivity index (χ3n) is 9.22. The molecule has 1 atom stereocenters. The van der Waals surface area contributed by atoms with Crippen LogP contribution in [0.3, 0.4) is 0 Å². The summed E-state index contributed by atoms with van der Waals surface area (Å²) < 4.78 is 10.3. The summed E-state index contributed by atoms with van der Waals surface area (Å²) in [5, 5.41) is 22.8. The Bertz CT molecular complexity index is 1860. The Morgan fingerprint density at radius 3 is 2.19 bits per heavy atom. The minimum atomic E-state index is -0.853. The molecule has 52 heavy (non-hydrogen) atoms. The molecule has 1 saturated carbocycles. The van der Waals surface area contributed by atoms with Gasteiger partial charge < -0.3 is 25.4 Å². The fourth-order valence-electron chi connectivity index (χ4n) is 6.43. The number of esters is 1. The third kappa shape index (κ3) is 10.0. The maximum Gasteiger partial charge on any atom is 0.407 e. The SMILES string of the molecule is COC(=O)c1cc(-c2ccc(C[C@H](NC(=O)C3CCC(CNC(=O)OC(C)(C)C)CC3)C(=O)Nc3ccc(-c4nn[nH]n4)cc3)cc2)c(C)cc1C. The summed E-state index contributed by atoms with van der Waals surface area (Å²) in [6.07, 6.45) is 2.66. The monoisotopic (exact) mass is 709 g/mol. The molecule has 0 spiro atoms. The number of hydrogen-bond donors (Lipinski definition) is 4. The maximum atomic E-state index is 13.8. The van der Waals surface area contributed by atoms with E-state index in [4.69, 9.17) is 9.47 Å². The standard InChI is InChI=1S/C39H47N7O6/c1-23-19-24(2)32(37(49)51-6)21-31(23)27-11-7-25(8-12-27)20-33(36(48)41-30-17-15-28(16-18-30)34-43-45-46-44-34)42-35(47)29-13-9-26(10-14-29)22-40-38(50)52-39(3,4)5/h7-8,11-12,15-19,21,26,29,33H,9-10,13-14,20,22H2,1-6H3,(H,40,50)(H,41,48)(H,42,47)(H,43,44,45,46)/t26?,29?,33-/m0/s1. The molecule has 1 fully saturated rings. The quantitative estimate of drug-likeness (QED) is 0.137. The van der Waals surface area contributed by atoms with E-state index in [9.17, 15) is 19.2 Å². The van der Waals surface area contributed by atoms with Crippen molar-refractivity contribution in [2.24, 2.45) is 11.8 Å². The second-order valence-corrected chi connectivity index (χ2v) is 14.3. The Morgan fingerprint density at radius 2 is 1.58 bits per heavy atom. The zero-order valence-electron chi connectivity index (χ0n) is 30.5. The van der Waals surface area contributed by atoms with E-state index in [-0.39, 0.29) is 30.1 Å². The number of nitrogens with zero attached hydrogens (tertiary/aromatic N) is 3. The number of carbonyl (C=O) groups is 4. The molecular formula is C39H47N7O6. The van der Waals surface area contributed by atoms with Gasteiger partial charge in [0.1, 0.15) is 11.6 Å². The van der Waals surface area contributed by atoms with Crippen LogP contribution in [0.2, 0.25) is 0 Å². The molecule has 1 aliphatic carbocycles. The molecule has 0 aliphatic heterocycles. The van der Waals surface area contributed by atoms with Crippen molar-refractivity contribution >= 4 is 29.6 Å². The number of anilines is 1. The molecule has 5 rings (SSSR count). The number of methoxy groups -OCH3 is 1. The number of alkyl carbamates (subject to hydrolysis) is 1. The number of nitrogens with one attached hydrogen (secondary N) is 4. The van der Waals surface area contributed by atoms with Crippen LogP contribution in [0.25, 0.3) is 22.5 Å². The predicted octanol–water partition coefficient (Wildman–Crippen LogP) is 5.93. The molecule has 3 aromatic carbocycles. The van der Waals surface area contributed by atoms with Gasteiger partial charge in [-0.1, -0.05) is 30.3 Å². The highest BCUT2D eigenvalue weighted by Crippen LogP contribution is 2.30. The van der Waals surface area contributed by atoms with Gasteiger partial charge in [-0.05, 0) is 130 Å². The van der Waals surface area contributed by atoms with Crippen molar-refractivity contribution in [2.75, 3.05) is 19.0 Å². The summed E-state index contributed by atoms with van der Waals surface area (Å²) in [5.74, 6) is -0.492. The fraction of sp³-hybridized carbons (Fsp3) is 0.410. The molecule has 4 N–H and O–H groups in total. The second kappa shape index (κ2) is 16.6. The third-order valence-corrected chi connectivity index (χ3v) is 9.22. The summed E-state index contributed by atoms with van der Waals surface area (Å²) in [6.45, 7) is 9.82. The van der Waals surface area contributed by atoms with E-state index in [0.717, 1.165) is 46.2 Å². The zero-order chi connectivity index (χ0) is 37.4. The van der Waals surface area contributed by atoms with Crippen LogP contribution in [0.5, 0.6) is 0 Å². The summed E-state index contributed by atoms with van der Waals surface area (Å²) in [7, 11) is 1.37. The van der Waals surface area contributed by atoms with Crippen molar-refractivity contribution in [1.82, 2.24) is 31.3 Å². The molecular weight excluding hydrogens is 662 g/mol. The van der Waals surface area contributed by atoms with Crippen LogP contribution in [-0.2, 0) is 25.5 Å². The number of hydrogen-bond acceptors (Lipinski definition) is 9. The highest BCUT2D eigenvalue weighted by molar-refractivity contribution is 5.98. The molecule has 0 bridgehead atoms. The van der Waals surface area contributed by atoms with Crippen LogP contribution in [0.4, 0.5) is 10.5 Å². The zero-order valence-corrected chi connectivity index (χ0v) is 30.5. The molecule has 0 saturated heterocycles. The molecule has 1 aromatic heterocycles. The fourth-order valence-corrected chi connectivity index (χ4v) is 6.43. The molecule has 3 amide bonds. The van der Waals surface area contributed by atoms with Crippen molar-refractivity contribution < 1.29 is 28.7 Å². The number of rotatable bonds is 11. The summed E-state index contributed by atoms with van der Waals surface area (Å²) in [4.78, 5) is 51.9. The van der Waals surface area contributed by atoms with Gasteiger partial charge >= 0.3 is 12.1 Å². The lowest BCUT2D eigenvalue weighted by Crippen LogP contribution is -2.48. The van der Waals surface area contributed by atoms with Crippen molar-refractivity contribution in [3.8, 4) is 22.5 Å². The number of aryl methyl sites for hydroxylation is 2.